The maximum atomic E-state index is 10.4. The number of benzene rings is 1. The SMILES string of the molecule is CC(C)COc1ccc(O)c(C(O)CN2CCNCC2)c1. The van der Waals surface area contributed by atoms with E-state index in [2.05, 4.69) is 24.1 Å². The van der Waals surface area contributed by atoms with Crippen molar-refractivity contribution in [1.82, 2.24) is 10.2 Å². The van der Waals surface area contributed by atoms with Crippen LogP contribution in [0.3, 0.4) is 0 Å². The second kappa shape index (κ2) is 7.64. The molecule has 118 valence electrons. The van der Waals surface area contributed by atoms with E-state index in [1.54, 1.807) is 18.2 Å². The average molecular weight is 294 g/mol. The smallest absolute Gasteiger partial charge is 0.121 e. The fraction of sp³-hybridized carbons (Fsp3) is 0.625. The van der Waals surface area contributed by atoms with Crippen LogP contribution in [0.4, 0.5) is 0 Å². The fourth-order valence-corrected chi connectivity index (χ4v) is 2.39. The topological polar surface area (TPSA) is 65.0 Å². The van der Waals surface area contributed by atoms with Crippen molar-refractivity contribution in [2.24, 2.45) is 5.92 Å². The Morgan fingerprint density at radius 1 is 1.29 bits per heavy atom. The van der Waals surface area contributed by atoms with Crippen LogP contribution in [0.1, 0.15) is 25.5 Å². The van der Waals surface area contributed by atoms with Crippen molar-refractivity contribution >= 4 is 0 Å². The molecule has 1 unspecified atom stereocenters. The summed E-state index contributed by atoms with van der Waals surface area (Å²) >= 11 is 0. The van der Waals surface area contributed by atoms with Gasteiger partial charge in [-0.2, -0.15) is 0 Å². The molecule has 1 aliphatic heterocycles. The summed E-state index contributed by atoms with van der Waals surface area (Å²) in [6.07, 6.45) is -0.703. The van der Waals surface area contributed by atoms with E-state index in [1.165, 1.54) is 0 Å². The molecule has 1 atom stereocenters. The lowest BCUT2D eigenvalue weighted by Crippen LogP contribution is -2.44. The van der Waals surface area contributed by atoms with E-state index in [9.17, 15) is 10.2 Å². The van der Waals surface area contributed by atoms with E-state index >= 15 is 0 Å². The van der Waals surface area contributed by atoms with Crippen molar-refractivity contribution in [3.8, 4) is 11.5 Å². The molecule has 1 heterocycles. The van der Waals surface area contributed by atoms with Crippen LogP contribution in [-0.4, -0.2) is 54.4 Å². The minimum Gasteiger partial charge on any atom is -0.508 e. The average Bonchev–Trinajstić information content (AvgIpc) is 2.47. The van der Waals surface area contributed by atoms with Gasteiger partial charge in [0, 0.05) is 38.3 Å². The monoisotopic (exact) mass is 294 g/mol. The van der Waals surface area contributed by atoms with Crippen molar-refractivity contribution in [2.45, 2.75) is 20.0 Å². The van der Waals surface area contributed by atoms with Crippen molar-refractivity contribution in [1.29, 1.82) is 0 Å². The molecule has 0 saturated carbocycles. The number of aliphatic hydroxyl groups excluding tert-OH is 1. The van der Waals surface area contributed by atoms with Crippen molar-refractivity contribution in [3.05, 3.63) is 23.8 Å². The third kappa shape index (κ3) is 4.88. The molecule has 0 bridgehead atoms. The number of aliphatic hydroxyl groups is 1. The second-order valence-electron chi connectivity index (χ2n) is 5.99. The first-order valence-electron chi connectivity index (χ1n) is 7.63. The fourth-order valence-electron chi connectivity index (χ4n) is 2.39. The standard InChI is InChI=1S/C16H26N2O3/c1-12(2)11-21-13-3-4-15(19)14(9-13)16(20)10-18-7-5-17-6-8-18/h3-4,9,12,16-17,19-20H,5-8,10-11H2,1-2H3. The van der Waals surface area contributed by atoms with Crippen LogP contribution in [0.5, 0.6) is 11.5 Å². The van der Waals surface area contributed by atoms with Gasteiger partial charge in [0.2, 0.25) is 0 Å². The summed E-state index contributed by atoms with van der Waals surface area (Å²) < 4.78 is 5.66. The van der Waals surface area contributed by atoms with Gasteiger partial charge in [0.05, 0.1) is 12.7 Å². The van der Waals surface area contributed by atoms with E-state index in [0.717, 1.165) is 26.2 Å². The van der Waals surface area contributed by atoms with E-state index in [4.69, 9.17) is 4.74 Å². The third-order valence-electron chi connectivity index (χ3n) is 3.58. The van der Waals surface area contributed by atoms with Crippen LogP contribution in [0, 0.1) is 5.92 Å². The first kappa shape index (κ1) is 16.1. The predicted molar refractivity (Wildman–Crippen MR) is 82.7 cm³/mol. The highest BCUT2D eigenvalue weighted by molar-refractivity contribution is 5.40. The minimum absolute atomic E-state index is 0.120. The highest BCUT2D eigenvalue weighted by Crippen LogP contribution is 2.29. The van der Waals surface area contributed by atoms with Crippen LogP contribution in [-0.2, 0) is 0 Å². The number of hydrogen-bond donors (Lipinski definition) is 3. The molecule has 1 saturated heterocycles. The van der Waals surface area contributed by atoms with Crippen LogP contribution >= 0.6 is 0 Å². The minimum atomic E-state index is -0.703. The largest absolute Gasteiger partial charge is 0.508 e. The van der Waals surface area contributed by atoms with Gasteiger partial charge in [-0.25, -0.2) is 0 Å². The van der Waals surface area contributed by atoms with Crippen molar-refractivity contribution in [2.75, 3.05) is 39.3 Å². The Kier molecular flexibility index (Phi) is 5.85. The van der Waals surface area contributed by atoms with Gasteiger partial charge < -0.3 is 20.3 Å². The molecule has 21 heavy (non-hydrogen) atoms. The van der Waals surface area contributed by atoms with Crippen LogP contribution in [0.2, 0.25) is 0 Å². The molecule has 1 aromatic rings. The van der Waals surface area contributed by atoms with Crippen LogP contribution < -0.4 is 10.1 Å². The summed E-state index contributed by atoms with van der Waals surface area (Å²) in [5.74, 6) is 1.25. The molecule has 3 N–H and O–H groups in total. The number of rotatable bonds is 6. The molecule has 1 fully saturated rings. The van der Waals surface area contributed by atoms with E-state index < -0.39 is 6.10 Å². The van der Waals surface area contributed by atoms with Gasteiger partial charge in [0.1, 0.15) is 11.5 Å². The summed E-state index contributed by atoms with van der Waals surface area (Å²) in [6, 6.07) is 5.06. The highest BCUT2D eigenvalue weighted by Gasteiger charge is 2.19. The van der Waals surface area contributed by atoms with Gasteiger partial charge in [0.15, 0.2) is 0 Å². The number of nitrogens with zero attached hydrogens (tertiary/aromatic N) is 1. The molecular formula is C16H26N2O3. The number of β-amino-alcohol motifs (C(OH)–C–C–N with tert-alkyl or cyclic N) is 1. The molecule has 0 radical (unpaired) electrons. The molecule has 5 nitrogen and oxygen atoms in total. The quantitative estimate of drug-likeness (QED) is 0.739. The normalized spacial score (nSPS) is 17.9. The maximum absolute atomic E-state index is 10.4. The number of nitrogens with one attached hydrogen (secondary N) is 1. The zero-order valence-corrected chi connectivity index (χ0v) is 12.9. The van der Waals surface area contributed by atoms with Gasteiger partial charge in [-0.15, -0.1) is 0 Å². The third-order valence-corrected chi connectivity index (χ3v) is 3.58. The second-order valence-corrected chi connectivity index (χ2v) is 5.99. The summed E-state index contributed by atoms with van der Waals surface area (Å²) in [4.78, 5) is 2.20. The highest BCUT2D eigenvalue weighted by atomic mass is 16.5. The first-order valence-corrected chi connectivity index (χ1v) is 7.63. The van der Waals surface area contributed by atoms with Gasteiger partial charge in [0.25, 0.3) is 0 Å². The number of ether oxygens (including phenoxy) is 1. The molecule has 0 amide bonds. The predicted octanol–water partition coefficient (Wildman–Crippen LogP) is 1.37. The van der Waals surface area contributed by atoms with Gasteiger partial charge in [-0.1, -0.05) is 13.8 Å². The van der Waals surface area contributed by atoms with Crippen LogP contribution in [0.25, 0.3) is 0 Å². The van der Waals surface area contributed by atoms with Gasteiger partial charge in [-0.3, -0.25) is 4.90 Å². The first-order chi connectivity index (χ1) is 10.1. The van der Waals surface area contributed by atoms with Gasteiger partial charge in [-0.05, 0) is 24.1 Å². The van der Waals surface area contributed by atoms with Crippen molar-refractivity contribution in [3.63, 3.8) is 0 Å². The van der Waals surface area contributed by atoms with Crippen LogP contribution in [0.15, 0.2) is 18.2 Å². The van der Waals surface area contributed by atoms with E-state index in [-0.39, 0.29) is 5.75 Å². The molecular weight excluding hydrogens is 268 g/mol. The number of phenols is 1. The Labute approximate surface area is 126 Å². The molecule has 1 aromatic carbocycles. The molecule has 5 heteroatoms. The summed E-state index contributed by atoms with van der Waals surface area (Å²) in [7, 11) is 0. The number of piperazine rings is 1. The summed E-state index contributed by atoms with van der Waals surface area (Å²) in [5, 5.41) is 23.6. The van der Waals surface area contributed by atoms with Crippen molar-refractivity contribution < 1.29 is 14.9 Å². The van der Waals surface area contributed by atoms with E-state index in [1.807, 2.05) is 0 Å². The molecule has 1 aliphatic rings. The zero-order valence-electron chi connectivity index (χ0n) is 12.9. The Bertz CT molecular complexity index is 445. The summed E-state index contributed by atoms with van der Waals surface area (Å²) in [5.41, 5.74) is 0.537. The Balaban J connectivity index is 2.00. The lowest BCUT2D eigenvalue weighted by molar-refractivity contribution is 0.103. The molecule has 0 spiro atoms. The lowest BCUT2D eigenvalue weighted by atomic mass is 10.1. The lowest BCUT2D eigenvalue weighted by Gasteiger charge is -2.29. The number of phenolic OH excluding ortho intramolecular Hbond substituents is 1. The Hall–Kier alpha value is -1.30. The summed E-state index contributed by atoms with van der Waals surface area (Å²) in [6.45, 7) is 9.04. The Morgan fingerprint density at radius 2 is 2.00 bits per heavy atom. The molecule has 2 rings (SSSR count). The Morgan fingerprint density at radius 3 is 2.67 bits per heavy atom. The van der Waals surface area contributed by atoms with Gasteiger partial charge >= 0.3 is 0 Å². The maximum Gasteiger partial charge on any atom is 0.121 e. The molecule has 0 aliphatic carbocycles. The number of hydrogen-bond acceptors (Lipinski definition) is 5. The zero-order chi connectivity index (χ0) is 15.2. The van der Waals surface area contributed by atoms with E-state index in [0.29, 0.717) is 30.4 Å². The number of aromatic hydroxyl groups is 1. The molecule has 0 aromatic heterocycles.